The molecule has 0 saturated carbocycles. The highest BCUT2D eigenvalue weighted by Crippen LogP contribution is 2.37. The Morgan fingerprint density at radius 2 is 1.09 bits per heavy atom. The van der Waals surface area contributed by atoms with Gasteiger partial charge in [-0.25, -0.2) is 4.57 Å². The minimum Gasteiger partial charge on any atom is -0.406 e. The molecule has 4 rings (SSSR count). The van der Waals surface area contributed by atoms with E-state index in [1.807, 2.05) is 6.92 Å². The van der Waals surface area contributed by atoms with Crippen LogP contribution in [0, 0.1) is 0 Å². The standard InChI is InChI=1S/C29H21O5P/c1-2-22-23(26(30)19-12-6-3-7-13-19)18-24(27(31)20-14-8-4-9-15-20)29(34-35-33)25(22)28(32)21-16-10-5-11-17-21/h3-18H,2H2,1H3. The van der Waals surface area contributed by atoms with Crippen molar-refractivity contribution < 1.29 is 23.5 Å². The number of benzene rings is 4. The second-order valence-electron chi connectivity index (χ2n) is 7.76. The van der Waals surface area contributed by atoms with E-state index in [4.69, 9.17) is 4.52 Å². The van der Waals surface area contributed by atoms with E-state index >= 15 is 0 Å². The summed E-state index contributed by atoms with van der Waals surface area (Å²) in [7, 11) is -0.725. The zero-order valence-corrected chi connectivity index (χ0v) is 19.8. The highest BCUT2D eigenvalue weighted by Gasteiger charge is 2.30. The molecule has 0 aliphatic carbocycles. The molecular weight excluding hydrogens is 459 g/mol. The molecule has 0 spiro atoms. The molecule has 4 aromatic rings. The summed E-state index contributed by atoms with van der Waals surface area (Å²) in [6.45, 7) is 1.82. The van der Waals surface area contributed by atoms with Gasteiger partial charge in [0.25, 0.3) is 0 Å². The van der Waals surface area contributed by atoms with Gasteiger partial charge >= 0.3 is 8.69 Å². The van der Waals surface area contributed by atoms with Crippen LogP contribution in [0.3, 0.4) is 0 Å². The fourth-order valence-electron chi connectivity index (χ4n) is 4.04. The second kappa shape index (κ2) is 10.8. The average molecular weight is 480 g/mol. The van der Waals surface area contributed by atoms with Crippen LogP contribution in [0.4, 0.5) is 0 Å². The van der Waals surface area contributed by atoms with Crippen molar-refractivity contribution in [1.29, 1.82) is 0 Å². The van der Waals surface area contributed by atoms with E-state index in [0.29, 0.717) is 28.7 Å². The third kappa shape index (κ3) is 4.86. The minimum atomic E-state index is -0.725. The monoisotopic (exact) mass is 480 g/mol. The molecule has 172 valence electrons. The number of hydrogen-bond acceptors (Lipinski definition) is 5. The summed E-state index contributed by atoms with van der Waals surface area (Å²) in [5, 5.41) is 0. The summed E-state index contributed by atoms with van der Waals surface area (Å²) in [5.74, 6) is -1.30. The van der Waals surface area contributed by atoms with Crippen molar-refractivity contribution in [3.05, 3.63) is 136 Å². The molecule has 0 N–H and O–H groups in total. The summed E-state index contributed by atoms with van der Waals surface area (Å²) in [6.07, 6.45) is 0.313. The molecule has 0 aromatic heterocycles. The molecule has 5 nitrogen and oxygen atoms in total. The topological polar surface area (TPSA) is 77.5 Å². The molecule has 4 aromatic carbocycles. The van der Waals surface area contributed by atoms with Crippen LogP contribution in [0.5, 0.6) is 5.75 Å². The number of carbonyl (C=O) groups is 3. The Balaban J connectivity index is 2.05. The van der Waals surface area contributed by atoms with E-state index in [0.717, 1.165) is 0 Å². The lowest BCUT2D eigenvalue weighted by Gasteiger charge is -2.19. The van der Waals surface area contributed by atoms with Crippen molar-refractivity contribution in [2.45, 2.75) is 13.3 Å². The fraction of sp³-hybridized carbons (Fsp3) is 0.0690. The summed E-state index contributed by atoms with van der Waals surface area (Å²) >= 11 is 0. The van der Waals surface area contributed by atoms with Crippen molar-refractivity contribution in [2.24, 2.45) is 0 Å². The largest absolute Gasteiger partial charge is 0.406 e. The van der Waals surface area contributed by atoms with Gasteiger partial charge in [-0.15, -0.1) is 0 Å². The molecule has 0 fully saturated rings. The van der Waals surface area contributed by atoms with Gasteiger partial charge < -0.3 is 4.52 Å². The molecule has 0 radical (unpaired) electrons. The number of carbonyl (C=O) groups excluding carboxylic acids is 3. The Morgan fingerprint density at radius 3 is 1.51 bits per heavy atom. The van der Waals surface area contributed by atoms with Crippen LogP contribution in [0.1, 0.15) is 60.3 Å². The third-order valence-corrected chi connectivity index (χ3v) is 5.95. The van der Waals surface area contributed by atoms with E-state index in [9.17, 15) is 18.9 Å². The molecule has 6 heteroatoms. The van der Waals surface area contributed by atoms with Crippen LogP contribution < -0.4 is 4.52 Å². The van der Waals surface area contributed by atoms with Crippen molar-refractivity contribution in [3.63, 3.8) is 0 Å². The first-order chi connectivity index (χ1) is 17.1. The van der Waals surface area contributed by atoms with Crippen LogP contribution in [0.15, 0.2) is 97.1 Å². The Labute approximate surface area is 204 Å². The molecule has 0 aliphatic heterocycles. The Morgan fingerprint density at radius 1 is 0.657 bits per heavy atom. The average Bonchev–Trinajstić information content (AvgIpc) is 2.93. The third-order valence-electron chi connectivity index (χ3n) is 5.69. The van der Waals surface area contributed by atoms with Crippen LogP contribution in [-0.4, -0.2) is 17.3 Å². The lowest BCUT2D eigenvalue weighted by atomic mass is 9.85. The van der Waals surface area contributed by atoms with E-state index in [1.165, 1.54) is 6.07 Å². The summed E-state index contributed by atoms with van der Waals surface area (Å²) in [4.78, 5) is 40.9. The van der Waals surface area contributed by atoms with Gasteiger partial charge in [0.1, 0.15) is 0 Å². The first kappa shape index (κ1) is 23.9. The van der Waals surface area contributed by atoms with Crippen LogP contribution in [0.2, 0.25) is 0 Å². The molecule has 0 heterocycles. The highest BCUT2D eigenvalue weighted by atomic mass is 31.1. The number of hydrogen-bond donors (Lipinski definition) is 0. The van der Waals surface area contributed by atoms with Crippen LogP contribution in [-0.2, 0) is 11.0 Å². The summed E-state index contributed by atoms with van der Waals surface area (Å²) in [6, 6.07) is 27.1. The van der Waals surface area contributed by atoms with Gasteiger partial charge in [0, 0.05) is 22.3 Å². The van der Waals surface area contributed by atoms with Crippen molar-refractivity contribution in [3.8, 4) is 5.75 Å². The van der Waals surface area contributed by atoms with Crippen molar-refractivity contribution in [2.75, 3.05) is 0 Å². The van der Waals surface area contributed by atoms with Gasteiger partial charge in [-0.05, 0) is 18.1 Å². The maximum absolute atomic E-state index is 13.7. The van der Waals surface area contributed by atoms with Gasteiger partial charge in [0.2, 0.25) is 0 Å². The molecule has 0 bridgehead atoms. The Hall–Kier alpha value is -4.21. The number of rotatable bonds is 9. The second-order valence-corrected chi connectivity index (χ2v) is 8.09. The summed E-state index contributed by atoms with van der Waals surface area (Å²) in [5.41, 5.74) is 1.84. The fourth-order valence-corrected chi connectivity index (χ4v) is 4.30. The van der Waals surface area contributed by atoms with Gasteiger partial charge in [0.05, 0.1) is 11.1 Å². The molecule has 0 unspecified atom stereocenters. The normalized spacial score (nSPS) is 10.7. The Bertz CT molecular complexity index is 1400. The number of ketones is 3. The first-order valence-corrected chi connectivity index (χ1v) is 11.8. The van der Waals surface area contributed by atoms with Crippen LogP contribution >= 0.6 is 8.69 Å². The van der Waals surface area contributed by atoms with E-state index in [2.05, 4.69) is 0 Å². The van der Waals surface area contributed by atoms with Gasteiger partial charge in [-0.3, -0.25) is 14.4 Å². The summed E-state index contributed by atoms with van der Waals surface area (Å²) < 4.78 is 17.0. The lowest BCUT2D eigenvalue weighted by molar-refractivity contribution is 0.103. The minimum absolute atomic E-state index is 0.00434. The SMILES string of the molecule is CCc1c(C(=O)c2ccccc2)cc(C(=O)c2ccccc2)c(OP=O)c1C(=O)c1ccccc1. The van der Waals surface area contributed by atoms with Gasteiger partial charge in [0.15, 0.2) is 23.1 Å². The smallest absolute Gasteiger partial charge is 0.395 e. The highest BCUT2D eigenvalue weighted by molar-refractivity contribution is 7.17. The zero-order chi connectivity index (χ0) is 24.8. The molecule has 35 heavy (non-hydrogen) atoms. The molecule has 0 atom stereocenters. The van der Waals surface area contributed by atoms with Crippen molar-refractivity contribution in [1.82, 2.24) is 0 Å². The van der Waals surface area contributed by atoms with Gasteiger partial charge in [-0.2, -0.15) is 0 Å². The molecule has 0 saturated heterocycles. The quantitative estimate of drug-likeness (QED) is 0.201. The Kier molecular flexibility index (Phi) is 7.39. The van der Waals surface area contributed by atoms with Crippen molar-refractivity contribution >= 4 is 26.0 Å². The van der Waals surface area contributed by atoms with E-state index < -0.39 is 20.3 Å². The predicted molar refractivity (Wildman–Crippen MR) is 134 cm³/mol. The maximum Gasteiger partial charge on any atom is 0.395 e. The lowest BCUT2D eigenvalue weighted by Crippen LogP contribution is -2.17. The van der Waals surface area contributed by atoms with E-state index in [-0.39, 0.29) is 28.2 Å². The zero-order valence-electron chi connectivity index (χ0n) is 18.9. The van der Waals surface area contributed by atoms with Gasteiger partial charge in [-0.1, -0.05) is 97.9 Å². The molecule has 0 aliphatic rings. The van der Waals surface area contributed by atoms with Crippen LogP contribution in [0.25, 0.3) is 0 Å². The molecular formula is C29H21O5P. The maximum atomic E-state index is 13.7. The molecule has 0 amide bonds. The predicted octanol–water partition coefficient (Wildman–Crippen LogP) is 6.53. The van der Waals surface area contributed by atoms with E-state index in [1.54, 1.807) is 91.0 Å². The first-order valence-electron chi connectivity index (χ1n) is 11.1.